The summed E-state index contributed by atoms with van der Waals surface area (Å²) >= 11 is 1.60. The van der Waals surface area contributed by atoms with E-state index < -0.39 is 0 Å². The van der Waals surface area contributed by atoms with E-state index in [1.807, 2.05) is 36.6 Å². The molecule has 1 saturated heterocycles. The van der Waals surface area contributed by atoms with Crippen LogP contribution in [0.1, 0.15) is 37.5 Å². The first-order valence-corrected chi connectivity index (χ1v) is 8.03. The highest BCUT2D eigenvalue weighted by Gasteiger charge is 2.28. The van der Waals surface area contributed by atoms with Gasteiger partial charge in [0.1, 0.15) is 11.6 Å². The molecule has 2 atom stereocenters. The van der Waals surface area contributed by atoms with Crippen molar-refractivity contribution in [1.82, 2.24) is 19.7 Å². The third-order valence-electron chi connectivity index (χ3n) is 3.66. The van der Waals surface area contributed by atoms with Gasteiger partial charge in [-0.15, -0.1) is 0 Å². The molecule has 106 valence electrons. The number of nitrogens with zero attached hydrogens (tertiary/aromatic N) is 4. The van der Waals surface area contributed by atoms with Crippen LogP contribution >= 0.6 is 11.8 Å². The Morgan fingerprint density at radius 1 is 1.47 bits per heavy atom. The average Bonchev–Trinajstić information content (AvgIpc) is 2.76. The monoisotopic (exact) mass is 282 g/mol. The normalized spacial score (nSPS) is 21.5. The Balaban J connectivity index is 2.09. The minimum atomic E-state index is 0.0392. The highest BCUT2D eigenvalue weighted by atomic mass is 32.2. The van der Waals surface area contributed by atoms with E-state index in [1.165, 1.54) is 0 Å². The van der Waals surface area contributed by atoms with E-state index in [2.05, 4.69) is 10.1 Å². The molecule has 0 aliphatic carbocycles. The number of piperidine rings is 1. The lowest BCUT2D eigenvalue weighted by molar-refractivity contribution is -0.132. The molecule has 1 fully saturated rings. The van der Waals surface area contributed by atoms with Crippen LogP contribution < -0.4 is 0 Å². The molecular weight excluding hydrogens is 260 g/mol. The molecule has 0 N–H and O–H groups in total. The standard InChI is InChI=1S/C13H22N4OS/c1-9(19-4)13(18)16-7-5-6-12(8-16)17-11(3)14-10(2)15-17/h9,12H,5-8H2,1-4H3. The van der Waals surface area contributed by atoms with Gasteiger partial charge in [-0.25, -0.2) is 9.67 Å². The first-order chi connectivity index (χ1) is 9.02. The summed E-state index contributed by atoms with van der Waals surface area (Å²) in [4.78, 5) is 18.6. The number of likely N-dealkylation sites (tertiary alicyclic amines) is 1. The molecule has 6 heteroatoms. The van der Waals surface area contributed by atoms with Gasteiger partial charge in [-0.2, -0.15) is 16.9 Å². The SMILES string of the molecule is CSC(C)C(=O)N1CCCC(n2nc(C)nc2C)C1. The Kier molecular flexibility index (Phi) is 4.50. The molecule has 1 amide bonds. The molecule has 1 aliphatic rings. The quantitative estimate of drug-likeness (QED) is 0.848. The molecule has 0 aromatic carbocycles. The molecule has 0 radical (unpaired) electrons. The van der Waals surface area contributed by atoms with Crippen LogP contribution in [0.4, 0.5) is 0 Å². The van der Waals surface area contributed by atoms with Gasteiger partial charge in [-0.05, 0) is 39.9 Å². The predicted molar refractivity (Wildman–Crippen MR) is 77.3 cm³/mol. The number of hydrogen-bond donors (Lipinski definition) is 0. The van der Waals surface area contributed by atoms with Gasteiger partial charge < -0.3 is 4.90 Å². The number of rotatable bonds is 3. The summed E-state index contributed by atoms with van der Waals surface area (Å²) in [5, 5.41) is 4.49. The van der Waals surface area contributed by atoms with Crippen molar-refractivity contribution < 1.29 is 4.79 Å². The van der Waals surface area contributed by atoms with Crippen molar-refractivity contribution in [3.8, 4) is 0 Å². The Morgan fingerprint density at radius 3 is 2.79 bits per heavy atom. The summed E-state index contributed by atoms with van der Waals surface area (Å²) in [5.74, 6) is 1.99. The van der Waals surface area contributed by atoms with Gasteiger partial charge in [0.15, 0.2) is 0 Å². The fourth-order valence-corrected chi connectivity index (χ4v) is 2.95. The molecule has 19 heavy (non-hydrogen) atoms. The van der Waals surface area contributed by atoms with Crippen molar-refractivity contribution in [3.05, 3.63) is 11.6 Å². The van der Waals surface area contributed by atoms with E-state index in [0.717, 1.165) is 37.6 Å². The molecule has 5 nitrogen and oxygen atoms in total. The lowest BCUT2D eigenvalue weighted by Crippen LogP contribution is -2.44. The van der Waals surface area contributed by atoms with E-state index in [4.69, 9.17) is 0 Å². The predicted octanol–water partition coefficient (Wildman–Crippen LogP) is 1.81. The summed E-state index contributed by atoms with van der Waals surface area (Å²) in [6, 6.07) is 0.271. The fraction of sp³-hybridized carbons (Fsp3) is 0.769. The first-order valence-electron chi connectivity index (χ1n) is 6.74. The van der Waals surface area contributed by atoms with Crippen LogP contribution in [-0.2, 0) is 4.79 Å². The smallest absolute Gasteiger partial charge is 0.235 e. The van der Waals surface area contributed by atoms with E-state index >= 15 is 0 Å². The summed E-state index contributed by atoms with van der Waals surface area (Å²) in [5.41, 5.74) is 0. The number of amides is 1. The number of carbonyl (C=O) groups is 1. The summed E-state index contributed by atoms with van der Waals surface area (Å²) in [7, 11) is 0. The van der Waals surface area contributed by atoms with Crippen LogP contribution in [0.25, 0.3) is 0 Å². The number of carbonyl (C=O) groups excluding carboxylic acids is 1. The van der Waals surface area contributed by atoms with Gasteiger partial charge in [-0.3, -0.25) is 4.79 Å². The Hall–Kier alpha value is -1.04. The Labute approximate surface area is 118 Å². The lowest BCUT2D eigenvalue weighted by Gasteiger charge is -2.34. The summed E-state index contributed by atoms with van der Waals surface area (Å²) < 4.78 is 1.98. The van der Waals surface area contributed by atoms with Crippen LogP contribution in [0.2, 0.25) is 0 Å². The van der Waals surface area contributed by atoms with Gasteiger partial charge in [0.2, 0.25) is 5.91 Å². The van der Waals surface area contributed by atoms with Crippen molar-refractivity contribution in [2.75, 3.05) is 19.3 Å². The summed E-state index contributed by atoms with van der Waals surface area (Å²) in [6.45, 7) is 7.48. The molecule has 1 aromatic heterocycles. The molecular formula is C13H22N4OS. The maximum absolute atomic E-state index is 12.3. The van der Waals surface area contributed by atoms with Crippen molar-refractivity contribution in [2.45, 2.75) is 44.9 Å². The van der Waals surface area contributed by atoms with E-state index in [9.17, 15) is 4.79 Å². The number of aryl methyl sites for hydroxylation is 2. The highest BCUT2D eigenvalue weighted by Crippen LogP contribution is 2.23. The second-order valence-electron chi connectivity index (χ2n) is 5.11. The van der Waals surface area contributed by atoms with E-state index in [0.29, 0.717) is 0 Å². The molecule has 0 spiro atoms. The zero-order valence-corrected chi connectivity index (χ0v) is 12.9. The first kappa shape index (κ1) is 14.4. The van der Waals surface area contributed by atoms with Crippen LogP contribution in [0.15, 0.2) is 0 Å². The molecule has 2 rings (SSSR count). The fourth-order valence-electron chi connectivity index (χ4n) is 2.59. The van der Waals surface area contributed by atoms with Crippen molar-refractivity contribution >= 4 is 17.7 Å². The largest absolute Gasteiger partial charge is 0.340 e. The molecule has 1 aromatic rings. The zero-order valence-electron chi connectivity index (χ0n) is 12.1. The molecule has 0 bridgehead atoms. The van der Waals surface area contributed by atoms with Crippen LogP contribution in [0.3, 0.4) is 0 Å². The van der Waals surface area contributed by atoms with E-state index in [-0.39, 0.29) is 17.2 Å². The molecule has 1 aliphatic heterocycles. The van der Waals surface area contributed by atoms with Gasteiger partial charge in [-0.1, -0.05) is 0 Å². The van der Waals surface area contributed by atoms with Crippen LogP contribution in [0.5, 0.6) is 0 Å². The Morgan fingerprint density at radius 2 is 2.21 bits per heavy atom. The Bertz CT molecular complexity index is 459. The van der Waals surface area contributed by atoms with E-state index in [1.54, 1.807) is 11.8 Å². The van der Waals surface area contributed by atoms with Crippen molar-refractivity contribution in [1.29, 1.82) is 0 Å². The van der Waals surface area contributed by atoms with Crippen molar-refractivity contribution in [3.63, 3.8) is 0 Å². The maximum Gasteiger partial charge on any atom is 0.235 e. The molecule has 0 saturated carbocycles. The minimum absolute atomic E-state index is 0.0392. The number of thioether (sulfide) groups is 1. The van der Waals surface area contributed by atoms with Crippen LogP contribution in [0, 0.1) is 13.8 Å². The van der Waals surface area contributed by atoms with Gasteiger partial charge in [0.05, 0.1) is 11.3 Å². The van der Waals surface area contributed by atoms with Crippen LogP contribution in [-0.4, -0.2) is 50.2 Å². The molecule has 2 unspecified atom stereocenters. The second-order valence-corrected chi connectivity index (χ2v) is 6.29. The minimum Gasteiger partial charge on any atom is -0.340 e. The van der Waals surface area contributed by atoms with Gasteiger partial charge in [0.25, 0.3) is 0 Å². The number of hydrogen-bond acceptors (Lipinski definition) is 4. The number of aromatic nitrogens is 3. The van der Waals surface area contributed by atoms with Crippen molar-refractivity contribution in [2.24, 2.45) is 0 Å². The lowest BCUT2D eigenvalue weighted by atomic mass is 10.1. The van der Waals surface area contributed by atoms with Gasteiger partial charge >= 0.3 is 0 Å². The second kappa shape index (κ2) is 5.94. The topological polar surface area (TPSA) is 51.0 Å². The highest BCUT2D eigenvalue weighted by molar-refractivity contribution is 7.99. The average molecular weight is 282 g/mol. The zero-order chi connectivity index (χ0) is 14.0. The van der Waals surface area contributed by atoms with Gasteiger partial charge in [0, 0.05) is 13.1 Å². The third-order valence-corrected chi connectivity index (χ3v) is 4.57. The molecule has 2 heterocycles. The maximum atomic E-state index is 12.3. The summed E-state index contributed by atoms with van der Waals surface area (Å²) in [6.07, 6.45) is 4.09. The third kappa shape index (κ3) is 3.11.